The van der Waals surface area contributed by atoms with E-state index in [1.54, 1.807) is 6.92 Å². The highest BCUT2D eigenvalue weighted by Gasteiger charge is 2.29. The lowest BCUT2D eigenvalue weighted by atomic mass is 9.95. The summed E-state index contributed by atoms with van der Waals surface area (Å²) in [4.78, 5) is 28.8. The van der Waals surface area contributed by atoms with Gasteiger partial charge in [-0.15, -0.1) is 0 Å². The van der Waals surface area contributed by atoms with Gasteiger partial charge in [0.2, 0.25) is 11.8 Å². The molecule has 144 valence electrons. The van der Waals surface area contributed by atoms with E-state index < -0.39 is 11.5 Å². The van der Waals surface area contributed by atoms with Crippen molar-refractivity contribution >= 4 is 17.5 Å². The highest BCUT2D eigenvalue weighted by Crippen LogP contribution is 2.28. The number of ether oxygens (including phenoxy) is 1. The molecule has 0 aromatic heterocycles. The summed E-state index contributed by atoms with van der Waals surface area (Å²) in [5.41, 5.74) is 0.562. The van der Waals surface area contributed by atoms with Gasteiger partial charge in [0, 0.05) is 31.6 Å². The monoisotopic (exact) mass is 361 g/mol. The molecule has 1 unspecified atom stereocenters. The van der Waals surface area contributed by atoms with E-state index in [0.717, 1.165) is 24.5 Å². The van der Waals surface area contributed by atoms with Crippen molar-refractivity contribution in [3.05, 3.63) is 24.3 Å². The van der Waals surface area contributed by atoms with E-state index in [1.807, 2.05) is 50.8 Å². The first-order valence-electron chi connectivity index (χ1n) is 9.30. The SMILES string of the molecule is CCOc1ccccc1N1CCN(C(=O)C(C)NC(=O)C(C)(C)C)CC1. The second-order valence-electron chi connectivity index (χ2n) is 7.66. The van der Waals surface area contributed by atoms with Crippen LogP contribution in [0.3, 0.4) is 0 Å². The van der Waals surface area contributed by atoms with E-state index in [9.17, 15) is 9.59 Å². The molecule has 0 saturated carbocycles. The largest absolute Gasteiger partial charge is 0.492 e. The number of piperazine rings is 1. The number of hydrogen-bond acceptors (Lipinski definition) is 4. The fourth-order valence-corrected chi connectivity index (χ4v) is 2.91. The van der Waals surface area contributed by atoms with Crippen LogP contribution in [0.5, 0.6) is 5.75 Å². The number of rotatable bonds is 5. The fraction of sp³-hybridized carbons (Fsp3) is 0.600. The van der Waals surface area contributed by atoms with Crippen LogP contribution in [-0.4, -0.2) is 55.5 Å². The molecule has 0 spiro atoms. The molecule has 1 saturated heterocycles. The summed E-state index contributed by atoms with van der Waals surface area (Å²) in [5.74, 6) is 0.739. The van der Waals surface area contributed by atoms with Gasteiger partial charge in [0.05, 0.1) is 12.3 Å². The number of benzene rings is 1. The zero-order valence-corrected chi connectivity index (χ0v) is 16.5. The van der Waals surface area contributed by atoms with Crippen molar-refractivity contribution in [1.82, 2.24) is 10.2 Å². The minimum Gasteiger partial charge on any atom is -0.492 e. The molecule has 26 heavy (non-hydrogen) atoms. The average molecular weight is 361 g/mol. The van der Waals surface area contributed by atoms with Crippen molar-refractivity contribution in [2.45, 2.75) is 40.7 Å². The molecule has 1 aliphatic heterocycles. The van der Waals surface area contributed by atoms with Gasteiger partial charge in [0.25, 0.3) is 0 Å². The summed E-state index contributed by atoms with van der Waals surface area (Å²) in [7, 11) is 0. The van der Waals surface area contributed by atoms with E-state index in [1.165, 1.54) is 0 Å². The van der Waals surface area contributed by atoms with E-state index in [2.05, 4.69) is 16.3 Å². The Morgan fingerprint density at radius 3 is 2.35 bits per heavy atom. The molecule has 1 N–H and O–H groups in total. The van der Waals surface area contributed by atoms with Crippen LogP contribution in [0.15, 0.2) is 24.3 Å². The summed E-state index contributed by atoms with van der Waals surface area (Å²) in [6, 6.07) is 7.48. The zero-order chi connectivity index (χ0) is 19.3. The summed E-state index contributed by atoms with van der Waals surface area (Å²) in [5, 5.41) is 2.82. The number of amides is 2. The number of hydrogen-bond donors (Lipinski definition) is 1. The van der Waals surface area contributed by atoms with Crippen molar-refractivity contribution in [3.8, 4) is 5.75 Å². The van der Waals surface area contributed by atoms with Crippen molar-refractivity contribution in [1.29, 1.82) is 0 Å². The van der Waals surface area contributed by atoms with Gasteiger partial charge < -0.3 is 19.9 Å². The molecule has 0 bridgehead atoms. The molecular weight excluding hydrogens is 330 g/mol. The Bertz CT molecular complexity index is 631. The summed E-state index contributed by atoms with van der Waals surface area (Å²) in [6.07, 6.45) is 0. The fourth-order valence-electron chi connectivity index (χ4n) is 2.91. The van der Waals surface area contributed by atoms with Gasteiger partial charge in [-0.3, -0.25) is 9.59 Å². The van der Waals surface area contributed by atoms with Crippen LogP contribution in [0, 0.1) is 5.41 Å². The number of para-hydroxylation sites is 2. The minimum absolute atomic E-state index is 0.0275. The summed E-state index contributed by atoms with van der Waals surface area (Å²) in [6.45, 7) is 12.6. The maximum absolute atomic E-state index is 12.6. The quantitative estimate of drug-likeness (QED) is 0.874. The Hall–Kier alpha value is -2.24. The average Bonchev–Trinajstić information content (AvgIpc) is 2.61. The number of carbonyl (C=O) groups excluding carboxylic acids is 2. The van der Waals surface area contributed by atoms with Crippen LogP contribution in [0.4, 0.5) is 5.69 Å². The van der Waals surface area contributed by atoms with Crippen molar-refractivity contribution in [3.63, 3.8) is 0 Å². The summed E-state index contributed by atoms with van der Waals surface area (Å²) >= 11 is 0. The first-order valence-corrected chi connectivity index (χ1v) is 9.30. The second kappa shape index (κ2) is 8.43. The molecule has 6 heteroatoms. The van der Waals surface area contributed by atoms with E-state index >= 15 is 0 Å². The molecule has 1 aromatic carbocycles. The molecule has 0 aliphatic carbocycles. The molecular formula is C20H31N3O3. The van der Waals surface area contributed by atoms with Gasteiger partial charge in [-0.05, 0) is 26.0 Å². The standard InChI is InChI=1S/C20H31N3O3/c1-6-26-17-10-8-7-9-16(17)22-11-13-23(14-12-22)18(24)15(2)21-19(25)20(3,4)5/h7-10,15H,6,11-14H2,1-5H3,(H,21,25). The van der Waals surface area contributed by atoms with Crippen molar-refractivity contribution < 1.29 is 14.3 Å². The highest BCUT2D eigenvalue weighted by molar-refractivity contribution is 5.89. The normalized spacial score (nSPS) is 16.2. The molecule has 0 radical (unpaired) electrons. The minimum atomic E-state index is -0.510. The van der Waals surface area contributed by atoms with Gasteiger partial charge in [0.1, 0.15) is 11.8 Å². The molecule has 1 aliphatic rings. The van der Waals surface area contributed by atoms with Gasteiger partial charge in [-0.1, -0.05) is 32.9 Å². The second-order valence-corrected chi connectivity index (χ2v) is 7.66. The molecule has 1 heterocycles. The smallest absolute Gasteiger partial charge is 0.244 e. The molecule has 2 rings (SSSR count). The number of nitrogens with one attached hydrogen (secondary N) is 1. The number of anilines is 1. The summed E-state index contributed by atoms with van der Waals surface area (Å²) < 4.78 is 5.71. The Kier molecular flexibility index (Phi) is 6.51. The molecule has 1 atom stereocenters. The highest BCUT2D eigenvalue weighted by atomic mass is 16.5. The van der Waals surface area contributed by atoms with E-state index in [-0.39, 0.29) is 11.8 Å². The Morgan fingerprint density at radius 1 is 1.15 bits per heavy atom. The number of carbonyl (C=O) groups is 2. The lowest BCUT2D eigenvalue weighted by molar-refractivity contribution is -0.138. The lowest BCUT2D eigenvalue weighted by Gasteiger charge is -2.38. The Morgan fingerprint density at radius 2 is 1.77 bits per heavy atom. The van der Waals surface area contributed by atoms with Gasteiger partial charge >= 0.3 is 0 Å². The molecule has 6 nitrogen and oxygen atoms in total. The van der Waals surface area contributed by atoms with Gasteiger partial charge in [-0.25, -0.2) is 0 Å². The molecule has 2 amide bonds. The first-order chi connectivity index (χ1) is 12.2. The Balaban J connectivity index is 1.94. The van der Waals surface area contributed by atoms with Crippen LogP contribution in [-0.2, 0) is 9.59 Å². The molecule has 1 fully saturated rings. The van der Waals surface area contributed by atoms with E-state index in [0.29, 0.717) is 19.7 Å². The third-order valence-electron chi connectivity index (χ3n) is 4.50. The number of nitrogens with zero attached hydrogens (tertiary/aromatic N) is 2. The van der Waals surface area contributed by atoms with Crippen molar-refractivity contribution in [2.24, 2.45) is 5.41 Å². The molecule has 1 aromatic rings. The van der Waals surface area contributed by atoms with Crippen molar-refractivity contribution in [2.75, 3.05) is 37.7 Å². The van der Waals surface area contributed by atoms with Gasteiger partial charge in [0.15, 0.2) is 0 Å². The predicted molar refractivity (Wildman–Crippen MR) is 103 cm³/mol. The van der Waals surface area contributed by atoms with Crippen LogP contribution in [0.1, 0.15) is 34.6 Å². The lowest BCUT2D eigenvalue weighted by Crippen LogP contribution is -2.55. The third-order valence-corrected chi connectivity index (χ3v) is 4.50. The van der Waals surface area contributed by atoms with Gasteiger partial charge in [-0.2, -0.15) is 0 Å². The van der Waals surface area contributed by atoms with E-state index in [4.69, 9.17) is 4.74 Å². The van der Waals surface area contributed by atoms with Crippen LogP contribution in [0.2, 0.25) is 0 Å². The van der Waals surface area contributed by atoms with Crippen LogP contribution >= 0.6 is 0 Å². The first kappa shape index (κ1) is 20.1. The predicted octanol–water partition coefficient (Wildman–Crippen LogP) is 2.28. The Labute approximate surface area is 156 Å². The zero-order valence-electron chi connectivity index (χ0n) is 16.5. The van der Waals surface area contributed by atoms with Crippen LogP contribution in [0.25, 0.3) is 0 Å². The maximum atomic E-state index is 12.6. The maximum Gasteiger partial charge on any atom is 0.244 e. The van der Waals surface area contributed by atoms with Crippen LogP contribution < -0.4 is 15.0 Å². The topological polar surface area (TPSA) is 61.9 Å². The third kappa shape index (κ3) is 4.90.